The number of hydrogen-bond acceptors (Lipinski definition) is 4. The van der Waals surface area contributed by atoms with Gasteiger partial charge in [0.2, 0.25) is 0 Å². The van der Waals surface area contributed by atoms with Crippen molar-refractivity contribution in [1.82, 2.24) is 10.2 Å². The van der Waals surface area contributed by atoms with Crippen molar-refractivity contribution in [1.29, 1.82) is 0 Å². The third-order valence-corrected chi connectivity index (χ3v) is 2.92. The minimum atomic E-state index is -0.490. The van der Waals surface area contributed by atoms with Gasteiger partial charge in [0.25, 0.3) is 5.91 Å². The molecule has 2 rings (SSSR count). The van der Waals surface area contributed by atoms with Crippen LogP contribution in [0.25, 0.3) is 0 Å². The molecule has 0 aromatic carbocycles. The normalized spacial score (nSPS) is 15.7. The molecule has 6 nitrogen and oxygen atoms in total. The molecule has 1 fully saturated rings. The second-order valence-electron chi connectivity index (χ2n) is 4.74. The minimum Gasteiger partial charge on any atom is -0.459 e. The number of nitrogens with one attached hydrogen (secondary N) is 1. The number of ether oxygens (including phenoxy) is 1. The van der Waals surface area contributed by atoms with Gasteiger partial charge in [-0.25, -0.2) is 4.79 Å². The molecule has 1 N–H and O–H groups in total. The van der Waals surface area contributed by atoms with E-state index in [1.165, 1.54) is 6.26 Å². The highest BCUT2D eigenvalue weighted by Gasteiger charge is 2.36. The third kappa shape index (κ3) is 2.47. The van der Waals surface area contributed by atoms with E-state index < -0.39 is 5.54 Å². The summed E-state index contributed by atoms with van der Waals surface area (Å²) < 4.78 is 9.88. The van der Waals surface area contributed by atoms with Crippen molar-refractivity contribution in [2.75, 3.05) is 19.7 Å². The Morgan fingerprint density at radius 2 is 2.33 bits per heavy atom. The molecule has 0 saturated carbocycles. The van der Waals surface area contributed by atoms with Crippen LogP contribution in [0.2, 0.25) is 0 Å². The van der Waals surface area contributed by atoms with Crippen LogP contribution in [0.1, 0.15) is 24.4 Å². The van der Waals surface area contributed by atoms with Crippen molar-refractivity contribution >= 4 is 12.0 Å². The van der Waals surface area contributed by atoms with Crippen molar-refractivity contribution in [3.8, 4) is 0 Å². The number of hydrogen-bond donors (Lipinski definition) is 1. The van der Waals surface area contributed by atoms with Crippen molar-refractivity contribution in [2.24, 2.45) is 0 Å². The molecule has 6 heteroatoms. The Kier molecular flexibility index (Phi) is 3.27. The van der Waals surface area contributed by atoms with E-state index in [0.29, 0.717) is 19.7 Å². The maximum absolute atomic E-state index is 11.7. The molecule has 98 valence electrons. The number of amides is 2. The Balaban J connectivity index is 1.92. The molecule has 1 aliphatic rings. The maximum Gasteiger partial charge on any atom is 0.410 e. The highest BCUT2D eigenvalue weighted by atomic mass is 16.6. The zero-order chi connectivity index (χ0) is 13.2. The molecule has 1 aromatic heterocycles. The Hall–Kier alpha value is -1.98. The average Bonchev–Trinajstić information content (AvgIpc) is 2.96. The molecular formula is C12H16N2O4. The van der Waals surface area contributed by atoms with E-state index in [4.69, 9.17) is 9.15 Å². The number of cyclic esters (lactones) is 1. The quantitative estimate of drug-likeness (QED) is 0.875. The van der Waals surface area contributed by atoms with Crippen molar-refractivity contribution in [3.63, 3.8) is 0 Å². The van der Waals surface area contributed by atoms with E-state index in [-0.39, 0.29) is 17.8 Å². The molecule has 0 atom stereocenters. The average molecular weight is 252 g/mol. The lowest BCUT2D eigenvalue weighted by Gasteiger charge is -2.33. The summed E-state index contributed by atoms with van der Waals surface area (Å²) in [6, 6.07) is 3.24. The van der Waals surface area contributed by atoms with Gasteiger partial charge in [-0.3, -0.25) is 9.69 Å². The summed E-state index contributed by atoms with van der Waals surface area (Å²) in [5.41, 5.74) is -0.490. The zero-order valence-electron chi connectivity index (χ0n) is 10.4. The number of nitrogens with zero attached hydrogens (tertiary/aromatic N) is 1. The maximum atomic E-state index is 11.7. The van der Waals surface area contributed by atoms with Gasteiger partial charge in [0.05, 0.1) is 18.3 Å². The van der Waals surface area contributed by atoms with Gasteiger partial charge in [-0.05, 0) is 26.0 Å². The number of rotatable bonds is 4. The summed E-state index contributed by atoms with van der Waals surface area (Å²) in [5.74, 6) is -0.0320. The van der Waals surface area contributed by atoms with Crippen LogP contribution in [0.5, 0.6) is 0 Å². The van der Waals surface area contributed by atoms with Crippen molar-refractivity contribution in [3.05, 3.63) is 24.2 Å². The van der Waals surface area contributed by atoms with Gasteiger partial charge in [0.15, 0.2) is 5.76 Å². The largest absolute Gasteiger partial charge is 0.459 e. The molecule has 2 amide bonds. The summed E-state index contributed by atoms with van der Waals surface area (Å²) in [6.07, 6.45) is 1.10. The number of carbonyl (C=O) groups is 2. The Bertz CT molecular complexity index is 439. The van der Waals surface area contributed by atoms with Crippen LogP contribution >= 0.6 is 0 Å². The first kappa shape index (κ1) is 12.5. The Morgan fingerprint density at radius 1 is 1.56 bits per heavy atom. The monoisotopic (exact) mass is 252 g/mol. The van der Waals surface area contributed by atoms with Gasteiger partial charge in [-0.1, -0.05) is 0 Å². The van der Waals surface area contributed by atoms with Gasteiger partial charge in [-0.2, -0.15) is 0 Å². The van der Waals surface area contributed by atoms with E-state index in [2.05, 4.69) is 5.32 Å². The first-order chi connectivity index (χ1) is 8.50. The smallest absolute Gasteiger partial charge is 0.410 e. The first-order valence-corrected chi connectivity index (χ1v) is 5.77. The van der Waals surface area contributed by atoms with Crippen LogP contribution in [0, 0.1) is 0 Å². The molecule has 0 aliphatic carbocycles. The van der Waals surface area contributed by atoms with Crippen LogP contribution < -0.4 is 5.32 Å². The fourth-order valence-electron chi connectivity index (χ4n) is 1.83. The van der Waals surface area contributed by atoms with Crippen LogP contribution in [0.3, 0.4) is 0 Å². The van der Waals surface area contributed by atoms with Crippen molar-refractivity contribution < 1.29 is 18.7 Å². The topological polar surface area (TPSA) is 71.8 Å². The molecule has 18 heavy (non-hydrogen) atoms. The van der Waals surface area contributed by atoms with Crippen LogP contribution in [-0.2, 0) is 4.74 Å². The molecule has 1 aliphatic heterocycles. The second kappa shape index (κ2) is 4.72. The van der Waals surface area contributed by atoms with E-state index in [9.17, 15) is 9.59 Å². The summed E-state index contributed by atoms with van der Waals surface area (Å²) >= 11 is 0. The molecule has 0 unspecified atom stereocenters. The third-order valence-electron chi connectivity index (χ3n) is 2.92. The van der Waals surface area contributed by atoms with E-state index >= 15 is 0 Å². The lowest BCUT2D eigenvalue weighted by Crippen LogP contribution is -2.52. The lowest BCUT2D eigenvalue weighted by molar-refractivity contribution is 0.0877. The zero-order valence-corrected chi connectivity index (χ0v) is 10.4. The molecule has 1 aromatic rings. The first-order valence-electron chi connectivity index (χ1n) is 5.77. The Morgan fingerprint density at radius 3 is 2.89 bits per heavy atom. The standard InChI is InChI=1S/C12H16N2O4/c1-12(2,14-5-7-18-11(14)16)8-13-10(15)9-4-3-6-17-9/h3-4,6H,5,7-8H2,1-2H3,(H,13,15). The fraction of sp³-hybridized carbons (Fsp3) is 0.500. The lowest BCUT2D eigenvalue weighted by atomic mass is 10.0. The van der Waals surface area contributed by atoms with E-state index in [1.54, 1.807) is 17.0 Å². The van der Waals surface area contributed by atoms with Crippen LogP contribution in [0.4, 0.5) is 4.79 Å². The molecule has 0 bridgehead atoms. The highest BCUT2D eigenvalue weighted by Crippen LogP contribution is 2.18. The van der Waals surface area contributed by atoms with Gasteiger partial charge in [0, 0.05) is 6.54 Å². The summed E-state index contributed by atoms with van der Waals surface area (Å²) in [7, 11) is 0. The molecule has 0 radical (unpaired) electrons. The summed E-state index contributed by atoms with van der Waals surface area (Å²) in [5, 5.41) is 2.74. The fourth-order valence-corrected chi connectivity index (χ4v) is 1.83. The predicted octanol–water partition coefficient (Wildman–Crippen LogP) is 1.24. The minimum absolute atomic E-state index is 0.259. The van der Waals surface area contributed by atoms with Gasteiger partial charge < -0.3 is 14.5 Å². The van der Waals surface area contributed by atoms with Gasteiger partial charge >= 0.3 is 6.09 Å². The van der Waals surface area contributed by atoms with Crippen molar-refractivity contribution in [2.45, 2.75) is 19.4 Å². The summed E-state index contributed by atoms with van der Waals surface area (Å²) in [4.78, 5) is 24.8. The molecule has 0 spiro atoms. The van der Waals surface area contributed by atoms with Crippen LogP contribution in [-0.4, -0.2) is 42.1 Å². The number of carbonyl (C=O) groups excluding carboxylic acids is 2. The Labute approximate surface area is 105 Å². The highest BCUT2D eigenvalue weighted by molar-refractivity contribution is 5.91. The number of furan rings is 1. The summed E-state index contributed by atoms with van der Waals surface area (Å²) in [6.45, 7) is 5.03. The van der Waals surface area contributed by atoms with Gasteiger partial charge in [0.1, 0.15) is 6.61 Å². The predicted molar refractivity (Wildman–Crippen MR) is 63.2 cm³/mol. The van der Waals surface area contributed by atoms with Gasteiger partial charge in [-0.15, -0.1) is 0 Å². The van der Waals surface area contributed by atoms with E-state index in [1.807, 2.05) is 13.8 Å². The molecule has 2 heterocycles. The molecular weight excluding hydrogens is 236 g/mol. The second-order valence-corrected chi connectivity index (χ2v) is 4.74. The SMILES string of the molecule is CC(C)(CNC(=O)c1ccco1)N1CCOC1=O. The van der Waals surface area contributed by atoms with Crippen LogP contribution in [0.15, 0.2) is 22.8 Å². The van der Waals surface area contributed by atoms with E-state index in [0.717, 1.165) is 0 Å². The molecule has 1 saturated heterocycles.